The maximum absolute atomic E-state index is 12.2. The average molecular weight is 294 g/mol. The van der Waals surface area contributed by atoms with Crippen LogP contribution in [0.5, 0.6) is 0 Å². The minimum Gasteiger partial charge on any atom is -0.298 e. The molecule has 0 aliphatic rings. The van der Waals surface area contributed by atoms with Crippen LogP contribution in [0, 0.1) is 13.8 Å². The van der Waals surface area contributed by atoms with Gasteiger partial charge in [0.25, 0.3) is 5.91 Å². The van der Waals surface area contributed by atoms with Crippen molar-refractivity contribution in [2.75, 3.05) is 5.32 Å². The third kappa shape index (κ3) is 3.04. The molecule has 2 aromatic rings. The van der Waals surface area contributed by atoms with Crippen molar-refractivity contribution in [3.05, 3.63) is 32.5 Å². The zero-order valence-corrected chi connectivity index (χ0v) is 13.5. The molecule has 0 atom stereocenters. The summed E-state index contributed by atoms with van der Waals surface area (Å²) in [7, 11) is 0. The Kier molecular flexibility index (Phi) is 3.78. The van der Waals surface area contributed by atoms with Gasteiger partial charge >= 0.3 is 0 Å². The van der Waals surface area contributed by atoms with E-state index in [2.05, 4.69) is 31.1 Å². The predicted molar refractivity (Wildman–Crippen MR) is 82.6 cm³/mol. The molecule has 0 bridgehead atoms. The largest absolute Gasteiger partial charge is 0.298 e. The van der Waals surface area contributed by atoms with Crippen LogP contribution in [0.15, 0.2) is 10.8 Å². The molecule has 0 saturated heterocycles. The highest BCUT2D eigenvalue weighted by molar-refractivity contribution is 7.14. The van der Waals surface area contributed by atoms with Gasteiger partial charge in [0.15, 0.2) is 5.13 Å². The maximum atomic E-state index is 12.2. The van der Waals surface area contributed by atoms with Crippen LogP contribution in [-0.4, -0.2) is 10.9 Å². The van der Waals surface area contributed by atoms with Gasteiger partial charge in [0.2, 0.25) is 0 Å². The number of rotatable bonds is 2. The zero-order chi connectivity index (χ0) is 14.2. The number of aromatic nitrogens is 1. The van der Waals surface area contributed by atoms with Gasteiger partial charge < -0.3 is 0 Å². The number of thiophene rings is 1. The van der Waals surface area contributed by atoms with E-state index in [-0.39, 0.29) is 11.3 Å². The summed E-state index contributed by atoms with van der Waals surface area (Å²) in [6.45, 7) is 10.3. The molecule has 102 valence electrons. The maximum Gasteiger partial charge on any atom is 0.258 e. The van der Waals surface area contributed by atoms with E-state index in [1.165, 1.54) is 16.2 Å². The normalized spacial score (nSPS) is 11.6. The highest BCUT2D eigenvalue weighted by Crippen LogP contribution is 2.27. The summed E-state index contributed by atoms with van der Waals surface area (Å²) in [6.07, 6.45) is 0. The fourth-order valence-electron chi connectivity index (χ4n) is 1.58. The molecule has 0 aliphatic heterocycles. The molecule has 1 amide bonds. The first-order chi connectivity index (χ1) is 8.79. The summed E-state index contributed by atoms with van der Waals surface area (Å²) in [4.78, 5) is 17.8. The van der Waals surface area contributed by atoms with Gasteiger partial charge in [-0.3, -0.25) is 10.1 Å². The molecule has 0 saturated carbocycles. The van der Waals surface area contributed by atoms with E-state index in [0.29, 0.717) is 5.13 Å². The van der Waals surface area contributed by atoms with Crippen molar-refractivity contribution in [2.24, 2.45) is 0 Å². The Balaban J connectivity index is 2.16. The van der Waals surface area contributed by atoms with Gasteiger partial charge in [-0.15, -0.1) is 22.7 Å². The first kappa shape index (κ1) is 14.2. The summed E-state index contributed by atoms with van der Waals surface area (Å²) in [6, 6.07) is 0. The molecule has 0 unspecified atom stereocenters. The minimum absolute atomic E-state index is 0.00830. The molecule has 0 radical (unpaired) electrons. The first-order valence-electron chi connectivity index (χ1n) is 6.11. The summed E-state index contributed by atoms with van der Waals surface area (Å²) < 4.78 is 0. The van der Waals surface area contributed by atoms with Gasteiger partial charge in [-0.2, -0.15) is 0 Å². The van der Waals surface area contributed by atoms with E-state index >= 15 is 0 Å². The molecule has 5 heteroatoms. The number of nitrogens with zero attached hydrogens (tertiary/aromatic N) is 1. The molecule has 3 nitrogen and oxygen atoms in total. The van der Waals surface area contributed by atoms with Crippen LogP contribution >= 0.6 is 22.7 Å². The van der Waals surface area contributed by atoms with Gasteiger partial charge in [0.05, 0.1) is 11.3 Å². The number of carbonyl (C=O) groups is 1. The Bertz CT molecular complexity index is 605. The van der Waals surface area contributed by atoms with Gasteiger partial charge in [-0.1, -0.05) is 20.8 Å². The number of aryl methyl sites for hydroxylation is 1. The molecule has 1 N–H and O–H groups in total. The van der Waals surface area contributed by atoms with E-state index in [0.717, 1.165) is 16.8 Å². The van der Waals surface area contributed by atoms with Crippen molar-refractivity contribution in [1.29, 1.82) is 0 Å². The Labute approximate surface area is 121 Å². The van der Waals surface area contributed by atoms with Crippen LogP contribution < -0.4 is 5.32 Å². The molecule has 0 aliphatic carbocycles. The van der Waals surface area contributed by atoms with E-state index in [1.807, 2.05) is 24.6 Å². The summed E-state index contributed by atoms with van der Waals surface area (Å²) in [5, 5.41) is 7.45. The summed E-state index contributed by atoms with van der Waals surface area (Å²) in [5.41, 5.74) is 2.81. The van der Waals surface area contributed by atoms with Gasteiger partial charge in [-0.25, -0.2) is 4.98 Å². The van der Waals surface area contributed by atoms with E-state index < -0.39 is 0 Å². The molecule has 0 spiro atoms. The number of thiazole rings is 1. The van der Waals surface area contributed by atoms with Crippen molar-refractivity contribution < 1.29 is 4.79 Å². The molecular weight excluding hydrogens is 276 g/mol. The quantitative estimate of drug-likeness (QED) is 0.893. The fraction of sp³-hybridized carbons (Fsp3) is 0.429. The van der Waals surface area contributed by atoms with E-state index in [9.17, 15) is 4.79 Å². The summed E-state index contributed by atoms with van der Waals surface area (Å²) in [5.74, 6) is -0.0725. The SMILES string of the molecule is Cc1scc(C(=O)Nc2nc(C(C)(C)C)cs2)c1C. The second-order valence-corrected chi connectivity index (χ2v) is 7.51. The lowest BCUT2D eigenvalue weighted by molar-refractivity contribution is 0.102. The number of hydrogen-bond acceptors (Lipinski definition) is 4. The standard InChI is InChI=1S/C14H18N2OS2/c1-8-9(2)18-6-10(8)12(17)16-13-15-11(7-19-13)14(3,4)5/h6-7H,1-5H3,(H,15,16,17). The highest BCUT2D eigenvalue weighted by atomic mass is 32.1. The number of hydrogen-bond donors (Lipinski definition) is 1. The van der Waals surface area contributed by atoms with E-state index in [1.54, 1.807) is 11.3 Å². The lowest BCUT2D eigenvalue weighted by Crippen LogP contribution is -2.14. The average Bonchev–Trinajstić information content (AvgIpc) is 2.87. The zero-order valence-electron chi connectivity index (χ0n) is 11.8. The molecule has 19 heavy (non-hydrogen) atoms. The molecule has 2 rings (SSSR count). The smallest absolute Gasteiger partial charge is 0.258 e. The predicted octanol–water partition coefficient (Wildman–Crippen LogP) is 4.37. The Morgan fingerprint density at radius 2 is 1.89 bits per heavy atom. The van der Waals surface area contributed by atoms with Crippen molar-refractivity contribution in [3.8, 4) is 0 Å². The highest BCUT2D eigenvalue weighted by Gasteiger charge is 2.19. The van der Waals surface area contributed by atoms with Gasteiger partial charge in [-0.05, 0) is 19.4 Å². The van der Waals surface area contributed by atoms with Crippen LogP contribution in [0.1, 0.15) is 47.3 Å². The van der Waals surface area contributed by atoms with Crippen LogP contribution in [0.2, 0.25) is 0 Å². The summed E-state index contributed by atoms with van der Waals surface area (Å²) >= 11 is 3.07. The van der Waals surface area contributed by atoms with Crippen molar-refractivity contribution in [1.82, 2.24) is 4.98 Å². The molecule has 2 heterocycles. The van der Waals surface area contributed by atoms with E-state index in [4.69, 9.17) is 0 Å². The Morgan fingerprint density at radius 3 is 2.37 bits per heavy atom. The number of anilines is 1. The van der Waals surface area contributed by atoms with Gasteiger partial charge in [0, 0.05) is 21.1 Å². The van der Waals surface area contributed by atoms with Crippen molar-refractivity contribution in [2.45, 2.75) is 40.0 Å². The Morgan fingerprint density at radius 1 is 1.21 bits per heavy atom. The lowest BCUT2D eigenvalue weighted by atomic mass is 9.93. The third-order valence-corrected chi connectivity index (χ3v) is 4.79. The molecular formula is C14H18N2OS2. The molecule has 2 aromatic heterocycles. The molecule has 0 fully saturated rings. The fourth-order valence-corrected chi connectivity index (χ4v) is 3.38. The number of nitrogens with one attached hydrogen (secondary N) is 1. The molecule has 0 aromatic carbocycles. The topological polar surface area (TPSA) is 42.0 Å². The first-order valence-corrected chi connectivity index (χ1v) is 7.87. The second-order valence-electron chi connectivity index (χ2n) is 5.57. The minimum atomic E-state index is -0.0725. The number of carbonyl (C=O) groups excluding carboxylic acids is 1. The Hall–Kier alpha value is -1.20. The second kappa shape index (κ2) is 5.06. The van der Waals surface area contributed by atoms with Crippen molar-refractivity contribution >= 4 is 33.7 Å². The lowest BCUT2D eigenvalue weighted by Gasteiger charge is -2.14. The third-order valence-electron chi connectivity index (χ3n) is 3.02. The van der Waals surface area contributed by atoms with Crippen LogP contribution in [0.4, 0.5) is 5.13 Å². The van der Waals surface area contributed by atoms with Crippen molar-refractivity contribution in [3.63, 3.8) is 0 Å². The van der Waals surface area contributed by atoms with Crippen LogP contribution in [0.3, 0.4) is 0 Å². The van der Waals surface area contributed by atoms with Crippen LogP contribution in [0.25, 0.3) is 0 Å². The van der Waals surface area contributed by atoms with Gasteiger partial charge in [0.1, 0.15) is 0 Å². The monoisotopic (exact) mass is 294 g/mol. The number of amides is 1. The van der Waals surface area contributed by atoms with Crippen LogP contribution in [-0.2, 0) is 5.41 Å².